The highest BCUT2D eigenvalue weighted by Gasteiger charge is 2.36. The summed E-state index contributed by atoms with van der Waals surface area (Å²) in [6.45, 7) is 4.36. The standard InChI is InChI=1S/C20H19ClN2O2S/c1-12-9-15(13(2)23(12)16-7-8-16)10-18-19(24)22(20(25)26-18)11-14-5-3-4-6-17(14)21/h3-6,9-10,16H,7-8,11H2,1-2H3/b18-10-. The number of nitrogens with zero attached hydrogens (tertiary/aromatic N) is 2. The van der Waals surface area contributed by atoms with Crippen molar-refractivity contribution >= 4 is 40.6 Å². The van der Waals surface area contributed by atoms with Crippen LogP contribution in [0.4, 0.5) is 4.79 Å². The normalized spacial score (nSPS) is 19.0. The zero-order chi connectivity index (χ0) is 18.4. The molecule has 0 radical (unpaired) electrons. The van der Waals surface area contributed by atoms with E-state index in [1.54, 1.807) is 6.07 Å². The number of hydrogen-bond acceptors (Lipinski definition) is 3. The molecule has 2 heterocycles. The fourth-order valence-electron chi connectivity index (χ4n) is 3.42. The molecule has 4 nitrogen and oxygen atoms in total. The Kier molecular flexibility index (Phi) is 4.45. The molecule has 0 N–H and O–H groups in total. The van der Waals surface area contributed by atoms with Gasteiger partial charge in [0, 0.05) is 22.5 Å². The third-order valence-corrected chi connectivity index (χ3v) is 6.16. The number of aryl methyl sites for hydroxylation is 1. The van der Waals surface area contributed by atoms with Gasteiger partial charge in [-0.25, -0.2) is 0 Å². The Morgan fingerprint density at radius 3 is 2.65 bits per heavy atom. The molecule has 1 saturated carbocycles. The van der Waals surface area contributed by atoms with Crippen molar-refractivity contribution in [2.75, 3.05) is 0 Å². The fraction of sp³-hybridized carbons (Fsp3) is 0.300. The molecular formula is C20H19ClN2O2S. The predicted molar refractivity (Wildman–Crippen MR) is 105 cm³/mol. The average Bonchev–Trinajstić information content (AvgIpc) is 3.34. The smallest absolute Gasteiger partial charge is 0.293 e. The van der Waals surface area contributed by atoms with Crippen LogP contribution in [0.5, 0.6) is 0 Å². The highest BCUT2D eigenvalue weighted by Crippen LogP contribution is 2.40. The first-order chi connectivity index (χ1) is 12.5. The summed E-state index contributed by atoms with van der Waals surface area (Å²) in [5, 5.41) is 0.306. The van der Waals surface area contributed by atoms with Crippen molar-refractivity contribution in [2.45, 2.75) is 39.3 Å². The summed E-state index contributed by atoms with van der Waals surface area (Å²) < 4.78 is 2.33. The van der Waals surface area contributed by atoms with Crippen LogP contribution in [0.15, 0.2) is 35.2 Å². The van der Waals surface area contributed by atoms with Crippen LogP contribution >= 0.6 is 23.4 Å². The average molecular weight is 387 g/mol. The number of thioether (sulfide) groups is 1. The number of hydrogen-bond donors (Lipinski definition) is 0. The number of rotatable bonds is 4. The van der Waals surface area contributed by atoms with Gasteiger partial charge in [-0.15, -0.1) is 0 Å². The van der Waals surface area contributed by atoms with E-state index in [0.29, 0.717) is 16.0 Å². The molecule has 134 valence electrons. The summed E-state index contributed by atoms with van der Waals surface area (Å²) >= 11 is 7.16. The minimum absolute atomic E-state index is 0.197. The van der Waals surface area contributed by atoms with Crippen LogP contribution in [0, 0.1) is 13.8 Å². The lowest BCUT2D eigenvalue weighted by Crippen LogP contribution is -2.27. The quantitative estimate of drug-likeness (QED) is 0.667. The Balaban J connectivity index is 1.60. The molecule has 4 rings (SSSR count). The highest BCUT2D eigenvalue weighted by molar-refractivity contribution is 8.18. The second-order valence-electron chi connectivity index (χ2n) is 6.79. The number of imide groups is 1. The monoisotopic (exact) mass is 386 g/mol. The lowest BCUT2D eigenvalue weighted by molar-refractivity contribution is -0.123. The van der Waals surface area contributed by atoms with Gasteiger partial charge in [-0.3, -0.25) is 14.5 Å². The highest BCUT2D eigenvalue weighted by atomic mass is 35.5. The van der Waals surface area contributed by atoms with Crippen LogP contribution in [0.1, 0.15) is 41.4 Å². The van der Waals surface area contributed by atoms with Gasteiger partial charge < -0.3 is 4.57 Å². The molecule has 1 aromatic heterocycles. The van der Waals surface area contributed by atoms with Gasteiger partial charge >= 0.3 is 0 Å². The van der Waals surface area contributed by atoms with E-state index in [9.17, 15) is 9.59 Å². The Bertz CT molecular complexity index is 943. The van der Waals surface area contributed by atoms with Gasteiger partial charge in [-0.05, 0) is 67.8 Å². The number of benzene rings is 1. The van der Waals surface area contributed by atoms with E-state index >= 15 is 0 Å². The topological polar surface area (TPSA) is 42.3 Å². The van der Waals surface area contributed by atoms with Gasteiger partial charge in [-0.1, -0.05) is 29.8 Å². The zero-order valence-corrected chi connectivity index (χ0v) is 16.2. The number of halogens is 1. The predicted octanol–water partition coefficient (Wildman–Crippen LogP) is 5.33. The lowest BCUT2D eigenvalue weighted by Gasteiger charge is -2.13. The molecule has 2 amide bonds. The van der Waals surface area contributed by atoms with Crippen molar-refractivity contribution in [1.29, 1.82) is 0 Å². The van der Waals surface area contributed by atoms with Crippen molar-refractivity contribution in [3.05, 3.63) is 62.8 Å². The first-order valence-electron chi connectivity index (χ1n) is 8.63. The summed E-state index contributed by atoms with van der Waals surface area (Å²) in [5.41, 5.74) is 4.14. The van der Waals surface area contributed by atoms with Crippen molar-refractivity contribution in [3.63, 3.8) is 0 Å². The van der Waals surface area contributed by atoms with E-state index in [0.717, 1.165) is 28.6 Å². The third kappa shape index (κ3) is 3.10. The molecule has 6 heteroatoms. The van der Waals surface area contributed by atoms with E-state index in [2.05, 4.69) is 24.5 Å². The van der Waals surface area contributed by atoms with Crippen LogP contribution < -0.4 is 0 Å². The van der Waals surface area contributed by atoms with Crippen LogP contribution in [0.2, 0.25) is 5.02 Å². The molecule has 1 aromatic carbocycles. The van der Waals surface area contributed by atoms with E-state index in [-0.39, 0.29) is 17.7 Å². The summed E-state index contributed by atoms with van der Waals surface area (Å²) in [5.74, 6) is -0.254. The lowest BCUT2D eigenvalue weighted by atomic mass is 10.2. The molecule has 2 fully saturated rings. The van der Waals surface area contributed by atoms with Gasteiger partial charge in [0.15, 0.2) is 0 Å². The van der Waals surface area contributed by atoms with Gasteiger partial charge in [0.25, 0.3) is 11.1 Å². The number of carbonyl (C=O) groups is 2. The van der Waals surface area contributed by atoms with Crippen molar-refractivity contribution in [1.82, 2.24) is 9.47 Å². The zero-order valence-electron chi connectivity index (χ0n) is 14.7. The summed E-state index contributed by atoms with van der Waals surface area (Å²) in [6, 6.07) is 9.96. The molecule has 26 heavy (non-hydrogen) atoms. The first-order valence-corrected chi connectivity index (χ1v) is 9.82. The maximum absolute atomic E-state index is 12.8. The summed E-state index contributed by atoms with van der Waals surface area (Å²) in [4.78, 5) is 26.8. The number of aromatic nitrogens is 1. The van der Waals surface area contributed by atoms with E-state index in [1.807, 2.05) is 24.3 Å². The molecule has 1 aliphatic carbocycles. The Hall–Kier alpha value is -1.98. The molecule has 0 unspecified atom stereocenters. The molecule has 0 bridgehead atoms. The molecule has 1 aliphatic heterocycles. The maximum atomic E-state index is 12.8. The van der Waals surface area contributed by atoms with Crippen LogP contribution in [-0.4, -0.2) is 20.6 Å². The molecule has 2 aromatic rings. The van der Waals surface area contributed by atoms with Crippen molar-refractivity contribution in [3.8, 4) is 0 Å². The third-order valence-electron chi connectivity index (χ3n) is 4.88. The molecule has 2 aliphatic rings. The van der Waals surface area contributed by atoms with Crippen LogP contribution in [0.25, 0.3) is 6.08 Å². The van der Waals surface area contributed by atoms with E-state index in [4.69, 9.17) is 11.6 Å². The van der Waals surface area contributed by atoms with E-state index < -0.39 is 0 Å². The first kappa shape index (κ1) is 17.4. The number of carbonyl (C=O) groups excluding carboxylic acids is 2. The number of amides is 2. The summed E-state index contributed by atoms with van der Waals surface area (Å²) in [7, 11) is 0. The molecule has 1 saturated heterocycles. The minimum Gasteiger partial charge on any atom is -0.346 e. The Labute approximate surface area is 161 Å². The Morgan fingerprint density at radius 1 is 1.23 bits per heavy atom. The van der Waals surface area contributed by atoms with Crippen LogP contribution in [-0.2, 0) is 11.3 Å². The Morgan fingerprint density at radius 2 is 1.96 bits per heavy atom. The largest absolute Gasteiger partial charge is 0.346 e. The fourth-order valence-corrected chi connectivity index (χ4v) is 4.44. The maximum Gasteiger partial charge on any atom is 0.293 e. The van der Waals surface area contributed by atoms with Gasteiger partial charge in [0.1, 0.15) is 0 Å². The van der Waals surface area contributed by atoms with Gasteiger partial charge in [0.2, 0.25) is 0 Å². The van der Waals surface area contributed by atoms with Gasteiger partial charge in [0.05, 0.1) is 11.4 Å². The van der Waals surface area contributed by atoms with Crippen LogP contribution in [0.3, 0.4) is 0 Å². The minimum atomic E-state index is -0.254. The van der Waals surface area contributed by atoms with Crippen molar-refractivity contribution < 1.29 is 9.59 Å². The SMILES string of the molecule is Cc1cc(/C=C2\SC(=O)N(Cc3ccccc3Cl)C2=O)c(C)n1C1CC1. The second-order valence-corrected chi connectivity index (χ2v) is 8.19. The van der Waals surface area contributed by atoms with Gasteiger partial charge in [-0.2, -0.15) is 0 Å². The summed E-state index contributed by atoms with van der Waals surface area (Å²) in [6.07, 6.45) is 4.27. The van der Waals surface area contributed by atoms with Crippen molar-refractivity contribution in [2.24, 2.45) is 0 Å². The van der Waals surface area contributed by atoms with E-state index in [1.165, 1.54) is 23.4 Å². The molecule has 0 spiro atoms. The second kappa shape index (κ2) is 6.63. The molecular weight excluding hydrogens is 368 g/mol. The molecule has 0 atom stereocenters.